The molecule has 0 saturated carbocycles. The number of anilines is 2. The number of carbonyl (C=O) groups is 1. The zero-order chi connectivity index (χ0) is 16.9. The Balaban J connectivity index is 1.56. The molecular formula is C17H14FN3OS2. The monoisotopic (exact) mass is 359 g/mol. The molecular weight excluding hydrogens is 345 g/mol. The predicted octanol–water partition coefficient (Wildman–Crippen LogP) is 4.70. The third-order valence-corrected chi connectivity index (χ3v) is 5.17. The highest BCUT2D eigenvalue weighted by Crippen LogP contribution is 2.28. The van der Waals surface area contributed by atoms with Gasteiger partial charge in [-0.2, -0.15) is 0 Å². The molecule has 1 N–H and O–H groups in total. The molecule has 0 aliphatic rings. The van der Waals surface area contributed by atoms with E-state index in [1.165, 1.54) is 52.9 Å². The molecule has 24 heavy (non-hydrogen) atoms. The lowest BCUT2D eigenvalue weighted by molar-refractivity contribution is 0.102. The van der Waals surface area contributed by atoms with E-state index in [4.69, 9.17) is 0 Å². The fraction of sp³-hybridized carbons (Fsp3) is 0.118. The van der Waals surface area contributed by atoms with Crippen LogP contribution < -0.4 is 5.32 Å². The average molecular weight is 359 g/mol. The first kappa shape index (κ1) is 16.6. The van der Waals surface area contributed by atoms with E-state index in [1.807, 2.05) is 31.2 Å². The van der Waals surface area contributed by atoms with Gasteiger partial charge in [0.25, 0.3) is 0 Å². The Morgan fingerprint density at radius 3 is 2.54 bits per heavy atom. The van der Waals surface area contributed by atoms with Crippen molar-refractivity contribution in [3.05, 3.63) is 65.5 Å². The molecule has 3 rings (SSSR count). The molecule has 0 unspecified atom stereocenters. The molecule has 0 spiro atoms. The largest absolute Gasteiger partial charge is 0.330 e. The van der Waals surface area contributed by atoms with Crippen molar-refractivity contribution < 1.29 is 9.18 Å². The Hall–Kier alpha value is -2.25. The molecule has 0 aliphatic carbocycles. The van der Waals surface area contributed by atoms with Gasteiger partial charge in [0, 0.05) is 11.3 Å². The summed E-state index contributed by atoms with van der Waals surface area (Å²) in [7, 11) is 0. The molecule has 0 fully saturated rings. The van der Waals surface area contributed by atoms with Crippen molar-refractivity contribution >= 4 is 39.7 Å². The number of aromatic nitrogens is 2. The van der Waals surface area contributed by atoms with Crippen LogP contribution in [0.25, 0.3) is 0 Å². The number of aryl methyl sites for hydroxylation is 1. The number of nitrogens with zero attached hydrogens (tertiary/aromatic N) is 2. The van der Waals surface area contributed by atoms with Gasteiger partial charge < -0.3 is 5.32 Å². The number of thioether (sulfide) groups is 1. The molecule has 0 bridgehead atoms. The second-order valence-corrected chi connectivity index (χ2v) is 7.28. The van der Waals surface area contributed by atoms with Gasteiger partial charge in [0.15, 0.2) is 10.1 Å². The van der Waals surface area contributed by atoms with Crippen LogP contribution in [0.4, 0.5) is 15.2 Å². The van der Waals surface area contributed by atoms with Crippen LogP contribution in [0.1, 0.15) is 15.9 Å². The summed E-state index contributed by atoms with van der Waals surface area (Å²) in [5.74, 6) is -0.177. The van der Waals surface area contributed by atoms with Crippen molar-refractivity contribution in [3.63, 3.8) is 0 Å². The van der Waals surface area contributed by atoms with Crippen LogP contribution in [-0.4, -0.2) is 21.7 Å². The normalized spacial score (nSPS) is 10.6. The number of hydrogen-bond donors (Lipinski definition) is 1. The fourth-order valence-electron chi connectivity index (χ4n) is 1.93. The summed E-state index contributed by atoms with van der Waals surface area (Å²) in [5, 5.41) is 12.0. The van der Waals surface area contributed by atoms with Crippen LogP contribution in [0.2, 0.25) is 0 Å². The lowest BCUT2D eigenvalue weighted by atomic mass is 10.1. The average Bonchev–Trinajstić information content (AvgIpc) is 3.03. The van der Waals surface area contributed by atoms with E-state index in [0.29, 0.717) is 15.0 Å². The van der Waals surface area contributed by atoms with Gasteiger partial charge in [-0.25, -0.2) is 4.39 Å². The van der Waals surface area contributed by atoms with Crippen molar-refractivity contribution in [1.29, 1.82) is 0 Å². The predicted molar refractivity (Wildman–Crippen MR) is 95.8 cm³/mol. The molecule has 3 aromatic rings. The molecule has 0 saturated heterocycles. The molecule has 0 aliphatic heterocycles. The van der Waals surface area contributed by atoms with Crippen LogP contribution in [0.15, 0.2) is 52.9 Å². The first-order chi connectivity index (χ1) is 11.6. The zero-order valence-corrected chi connectivity index (χ0v) is 14.5. The lowest BCUT2D eigenvalue weighted by Crippen LogP contribution is -2.01. The summed E-state index contributed by atoms with van der Waals surface area (Å²) in [6, 6.07) is 13.5. The van der Waals surface area contributed by atoms with Crippen LogP contribution in [0, 0.1) is 12.7 Å². The van der Waals surface area contributed by atoms with E-state index < -0.39 is 0 Å². The quantitative estimate of drug-likeness (QED) is 0.510. The summed E-state index contributed by atoms with van der Waals surface area (Å²) in [4.78, 5) is 12.1. The van der Waals surface area contributed by atoms with Gasteiger partial charge in [-0.15, -0.1) is 10.2 Å². The number of halogens is 1. The highest BCUT2D eigenvalue weighted by atomic mass is 32.2. The van der Waals surface area contributed by atoms with Gasteiger partial charge in [0.05, 0.1) is 5.75 Å². The van der Waals surface area contributed by atoms with E-state index in [2.05, 4.69) is 15.5 Å². The number of hydrogen-bond acceptors (Lipinski definition) is 6. The smallest absolute Gasteiger partial charge is 0.210 e. The molecule has 0 radical (unpaired) electrons. The Morgan fingerprint density at radius 2 is 1.83 bits per heavy atom. The molecule has 7 heteroatoms. The minimum atomic E-state index is -0.352. The van der Waals surface area contributed by atoms with Crippen molar-refractivity contribution in [2.24, 2.45) is 0 Å². The first-order valence-electron chi connectivity index (χ1n) is 7.19. The topological polar surface area (TPSA) is 54.9 Å². The SMILES string of the molecule is Cc1ccc(Nc2nnc(SCC(=O)c3ccc(F)cc3)s2)cc1. The van der Waals surface area contributed by atoms with Crippen LogP contribution in [0.5, 0.6) is 0 Å². The number of nitrogens with one attached hydrogen (secondary N) is 1. The van der Waals surface area contributed by atoms with Gasteiger partial charge in [-0.3, -0.25) is 4.79 Å². The summed E-state index contributed by atoms with van der Waals surface area (Å²) < 4.78 is 13.6. The third-order valence-electron chi connectivity index (χ3n) is 3.20. The Labute approximate surface area is 147 Å². The molecule has 1 heterocycles. The standard InChI is InChI=1S/C17H14FN3OS2/c1-11-2-8-14(9-3-11)19-16-20-21-17(24-16)23-10-15(22)12-4-6-13(18)7-5-12/h2-9H,10H2,1H3,(H,19,20). The number of benzene rings is 2. The van der Waals surface area contributed by atoms with Crippen molar-refractivity contribution in [3.8, 4) is 0 Å². The van der Waals surface area contributed by atoms with Crippen LogP contribution >= 0.6 is 23.1 Å². The molecule has 0 atom stereocenters. The summed E-state index contributed by atoms with van der Waals surface area (Å²) in [5.41, 5.74) is 2.62. The van der Waals surface area contributed by atoms with Gasteiger partial charge in [-0.05, 0) is 43.3 Å². The highest BCUT2D eigenvalue weighted by molar-refractivity contribution is 8.01. The van der Waals surface area contributed by atoms with Crippen molar-refractivity contribution in [1.82, 2.24) is 10.2 Å². The molecule has 122 valence electrons. The second kappa shape index (κ2) is 7.55. The maximum Gasteiger partial charge on any atom is 0.210 e. The third kappa shape index (κ3) is 4.39. The van der Waals surface area contributed by atoms with Crippen LogP contribution in [0.3, 0.4) is 0 Å². The minimum Gasteiger partial charge on any atom is -0.330 e. The number of carbonyl (C=O) groups excluding carboxylic acids is 1. The van der Waals surface area contributed by atoms with Crippen molar-refractivity contribution in [2.75, 3.05) is 11.1 Å². The van der Waals surface area contributed by atoms with Gasteiger partial charge in [0.2, 0.25) is 5.13 Å². The fourth-order valence-corrected chi connectivity index (χ4v) is 3.59. The molecule has 4 nitrogen and oxygen atoms in total. The zero-order valence-electron chi connectivity index (χ0n) is 12.8. The Morgan fingerprint density at radius 1 is 1.12 bits per heavy atom. The maximum atomic E-state index is 12.9. The van der Waals surface area contributed by atoms with E-state index in [9.17, 15) is 9.18 Å². The van der Waals surface area contributed by atoms with Gasteiger partial charge in [-0.1, -0.05) is 40.8 Å². The van der Waals surface area contributed by atoms with E-state index in [0.717, 1.165) is 5.69 Å². The van der Waals surface area contributed by atoms with E-state index in [-0.39, 0.29) is 17.4 Å². The summed E-state index contributed by atoms with van der Waals surface area (Å²) in [6.45, 7) is 2.03. The van der Waals surface area contributed by atoms with Gasteiger partial charge in [0.1, 0.15) is 5.82 Å². The molecule has 1 aromatic heterocycles. The highest BCUT2D eigenvalue weighted by Gasteiger charge is 2.10. The lowest BCUT2D eigenvalue weighted by Gasteiger charge is -2.01. The molecule has 0 amide bonds. The van der Waals surface area contributed by atoms with E-state index >= 15 is 0 Å². The van der Waals surface area contributed by atoms with Gasteiger partial charge >= 0.3 is 0 Å². The minimum absolute atomic E-state index is 0.0664. The summed E-state index contributed by atoms with van der Waals surface area (Å²) >= 11 is 2.71. The number of Topliss-reactive ketones (excluding diaryl/α,β-unsaturated/α-hetero) is 1. The number of ketones is 1. The van der Waals surface area contributed by atoms with Crippen LogP contribution in [-0.2, 0) is 0 Å². The molecule has 2 aromatic carbocycles. The summed E-state index contributed by atoms with van der Waals surface area (Å²) in [6.07, 6.45) is 0. The van der Waals surface area contributed by atoms with E-state index in [1.54, 1.807) is 0 Å². The first-order valence-corrected chi connectivity index (χ1v) is 8.99. The maximum absolute atomic E-state index is 12.9. The number of rotatable bonds is 6. The Kier molecular flexibility index (Phi) is 5.22. The van der Waals surface area contributed by atoms with Crippen molar-refractivity contribution in [2.45, 2.75) is 11.3 Å². The Bertz CT molecular complexity index is 832. The second-order valence-electron chi connectivity index (χ2n) is 5.08.